The highest BCUT2D eigenvalue weighted by Gasteiger charge is 2.22. The van der Waals surface area contributed by atoms with E-state index in [1.54, 1.807) is 6.07 Å². The van der Waals surface area contributed by atoms with Crippen LogP contribution in [0.2, 0.25) is 0 Å². The molecular formula is C15H25N3O. The van der Waals surface area contributed by atoms with Crippen molar-refractivity contribution in [2.75, 3.05) is 12.3 Å². The fraction of sp³-hybridized carbons (Fsp3) is 0.667. The Morgan fingerprint density at radius 2 is 2.26 bits per heavy atom. The van der Waals surface area contributed by atoms with E-state index < -0.39 is 0 Å². The highest BCUT2D eigenvalue weighted by atomic mass is 16.1. The molecule has 1 amide bonds. The summed E-state index contributed by atoms with van der Waals surface area (Å²) in [6.07, 6.45) is 5.58. The lowest BCUT2D eigenvalue weighted by atomic mass is 10.1. The SMILES string of the molecule is CC1CCC(CNC(=O)c2cc(N)cn2C(C)C)C1. The second-order valence-corrected chi connectivity index (χ2v) is 6.15. The lowest BCUT2D eigenvalue weighted by Gasteiger charge is -2.14. The van der Waals surface area contributed by atoms with Gasteiger partial charge < -0.3 is 15.6 Å². The van der Waals surface area contributed by atoms with Crippen LogP contribution >= 0.6 is 0 Å². The fourth-order valence-electron chi connectivity index (χ4n) is 2.95. The van der Waals surface area contributed by atoms with Gasteiger partial charge in [0.2, 0.25) is 0 Å². The van der Waals surface area contributed by atoms with Gasteiger partial charge in [-0.1, -0.05) is 13.3 Å². The predicted octanol–water partition coefficient (Wildman–Crippen LogP) is 2.82. The van der Waals surface area contributed by atoms with Gasteiger partial charge >= 0.3 is 0 Å². The van der Waals surface area contributed by atoms with Crippen LogP contribution in [0.4, 0.5) is 5.69 Å². The molecule has 1 aliphatic rings. The first-order valence-electron chi connectivity index (χ1n) is 7.23. The van der Waals surface area contributed by atoms with Crippen LogP contribution < -0.4 is 11.1 Å². The van der Waals surface area contributed by atoms with E-state index in [0.29, 0.717) is 17.3 Å². The quantitative estimate of drug-likeness (QED) is 0.877. The molecule has 1 aliphatic carbocycles. The van der Waals surface area contributed by atoms with E-state index in [2.05, 4.69) is 26.1 Å². The zero-order valence-electron chi connectivity index (χ0n) is 12.1. The first kappa shape index (κ1) is 14.0. The molecule has 1 heterocycles. The van der Waals surface area contributed by atoms with E-state index in [9.17, 15) is 4.79 Å². The summed E-state index contributed by atoms with van der Waals surface area (Å²) in [6.45, 7) is 7.17. The van der Waals surface area contributed by atoms with Crippen LogP contribution in [-0.4, -0.2) is 17.0 Å². The van der Waals surface area contributed by atoms with Crippen molar-refractivity contribution in [3.8, 4) is 0 Å². The molecule has 4 nitrogen and oxygen atoms in total. The van der Waals surface area contributed by atoms with Gasteiger partial charge in [-0.25, -0.2) is 0 Å². The lowest BCUT2D eigenvalue weighted by molar-refractivity contribution is 0.0936. The molecule has 106 valence electrons. The molecule has 3 N–H and O–H groups in total. The molecule has 0 aliphatic heterocycles. The number of anilines is 1. The van der Waals surface area contributed by atoms with Crippen molar-refractivity contribution in [1.82, 2.24) is 9.88 Å². The Hall–Kier alpha value is -1.45. The van der Waals surface area contributed by atoms with Crippen LogP contribution in [0.5, 0.6) is 0 Å². The van der Waals surface area contributed by atoms with Gasteiger partial charge in [-0.15, -0.1) is 0 Å². The number of nitrogens with one attached hydrogen (secondary N) is 1. The van der Waals surface area contributed by atoms with Gasteiger partial charge in [-0.2, -0.15) is 0 Å². The minimum atomic E-state index is -0.00930. The molecule has 1 fully saturated rings. The number of nitrogen functional groups attached to an aromatic ring is 1. The van der Waals surface area contributed by atoms with Crippen LogP contribution in [0.1, 0.15) is 56.6 Å². The molecule has 1 aromatic heterocycles. The summed E-state index contributed by atoms with van der Waals surface area (Å²) < 4.78 is 1.93. The molecule has 1 aromatic rings. The van der Waals surface area contributed by atoms with E-state index in [0.717, 1.165) is 12.5 Å². The topological polar surface area (TPSA) is 60.1 Å². The second-order valence-electron chi connectivity index (χ2n) is 6.15. The van der Waals surface area contributed by atoms with Crippen LogP contribution in [0.3, 0.4) is 0 Å². The molecule has 1 saturated carbocycles. The Labute approximate surface area is 115 Å². The van der Waals surface area contributed by atoms with Crippen LogP contribution in [0, 0.1) is 11.8 Å². The summed E-state index contributed by atoms with van der Waals surface area (Å²) in [7, 11) is 0. The zero-order valence-corrected chi connectivity index (χ0v) is 12.1. The second kappa shape index (κ2) is 5.68. The average molecular weight is 263 g/mol. The van der Waals surface area contributed by atoms with E-state index in [-0.39, 0.29) is 11.9 Å². The van der Waals surface area contributed by atoms with E-state index in [1.165, 1.54) is 19.3 Å². The molecule has 2 atom stereocenters. The highest BCUT2D eigenvalue weighted by Crippen LogP contribution is 2.29. The summed E-state index contributed by atoms with van der Waals surface area (Å²) in [5, 5.41) is 3.05. The molecule has 2 unspecified atom stereocenters. The normalized spacial score (nSPS) is 22.9. The van der Waals surface area contributed by atoms with Gasteiger partial charge in [0.15, 0.2) is 0 Å². The molecule has 0 aromatic carbocycles. The first-order valence-corrected chi connectivity index (χ1v) is 7.23. The Balaban J connectivity index is 1.96. The van der Waals surface area contributed by atoms with Crippen LogP contribution in [0.25, 0.3) is 0 Å². The Morgan fingerprint density at radius 1 is 1.53 bits per heavy atom. The zero-order chi connectivity index (χ0) is 14.0. The van der Waals surface area contributed by atoms with Crippen molar-refractivity contribution in [3.05, 3.63) is 18.0 Å². The maximum atomic E-state index is 12.2. The lowest BCUT2D eigenvalue weighted by Crippen LogP contribution is -2.30. The monoisotopic (exact) mass is 263 g/mol. The number of nitrogens with two attached hydrogens (primary N) is 1. The van der Waals surface area contributed by atoms with E-state index in [4.69, 9.17) is 5.73 Å². The average Bonchev–Trinajstić information content (AvgIpc) is 2.92. The minimum absolute atomic E-state index is 0.00930. The third-order valence-electron chi connectivity index (χ3n) is 4.01. The van der Waals surface area contributed by atoms with Crippen molar-refractivity contribution in [2.24, 2.45) is 11.8 Å². The Morgan fingerprint density at radius 3 is 2.84 bits per heavy atom. The predicted molar refractivity (Wildman–Crippen MR) is 78.1 cm³/mol. The van der Waals surface area contributed by atoms with Gasteiger partial charge in [-0.3, -0.25) is 4.79 Å². The molecule has 19 heavy (non-hydrogen) atoms. The van der Waals surface area contributed by atoms with Crippen molar-refractivity contribution < 1.29 is 4.79 Å². The Kier molecular flexibility index (Phi) is 4.17. The molecular weight excluding hydrogens is 238 g/mol. The largest absolute Gasteiger partial charge is 0.397 e. The molecule has 2 rings (SSSR count). The third-order valence-corrected chi connectivity index (χ3v) is 4.01. The smallest absolute Gasteiger partial charge is 0.268 e. The number of hydrogen-bond acceptors (Lipinski definition) is 2. The number of carbonyl (C=O) groups excluding carboxylic acids is 1. The van der Waals surface area contributed by atoms with Gasteiger partial charge in [-0.05, 0) is 44.6 Å². The molecule has 4 heteroatoms. The minimum Gasteiger partial charge on any atom is -0.397 e. The first-order chi connectivity index (χ1) is 8.97. The maximum absolute atomic E-state index is 12.2. The van der Waals surface area contributed by atoms with Crippen molar-refractivity contribution >= 4 is 11.6 Å². The van der Waals surface area contributed by atoms with Crippen molar-refractivity contribution in [2.45, 2.75) is 46.1 Å². The summed E-state index contributed by atoms with van der Waals surface area (Å²) in [6, 6.07) is 2.00. The van der Waals surface area contributed by atoms with Gasteiger partial charge in [0.25, 0.3) is 5.91 Å². The van der Waals surface area contributed by atoms with Crippen molar-refractivity contribution in [1.29, 1.82) is 0 Å². The van der Waals surface area contributed by atoms with Gasteiger partial charge in [0.05, 0.1) is 5.69 Å². The number of carbonyl (C=O) groups is 1. The van der Waals surface area contributed by atoms with Crippen LogP contribution in [0.15, 0.2) is 12.3 Å². The van der Waals surface area contributed by atoms with Crippen molar-refractivity contribution in [3.63, 3.8) is 0 Å². The number of nitrogens with zero attached hydrogens (tertiary/aromatic N) is 1. The summed E-state index contributed by atoms with van der Waals surface area (Å²) in [4.78, 5) is 12.2. The van der Waals surface area contributed by atoms with E-state index >= 15 is 0 Å². The number of amides is 1. The molecule has 0 spiro atoms. The Bertz CT molecular complexity index is 450. The summed E-state index contributed by atoms with van der Waals surface area (Å²) in [5.74, 6) is 1.43. The van der Waals surface area contributed by atoms with Crippen LogP contribution in [-0.2, 0) is 0 Å². The number of aromatic nitrogens is 1. The fourth-order valence-corrected chi connectivity index (χ4v) is 2.95. The standard InChI is InChI=1S/C15H25N3O/c1-10(2)18-9-13(16)7-14(18)15(19)17-8-12-5-4-11(3)6-12/h7,9-12H,4-6,8,16H2,1-3H3,(H,17,19). The van der Waals surface area contributed by atoms with Gasteiger partial charge in [0, 0.05) is 18.8 Å². The molecule has 0 bridgehead atoms. The third kappa shape index (κ3) is 3.31. The highest BCUT2D eigenvalue weighted by molar-refractivity contribution is 5.93. The molecule has 0 radical (unpaired) electrons. The maximum Gasteiger partial charge on any atom is 0.268 e. The summed E-state index contributed by atoms with van der Waals surface area (Å²) in [5.41, 5.74) is 7.10. The van der Waals surface area contributed by atoms with E-state index in [1.807, 2.05) is 10.8 Å². The van der Waals surface area contributed by atoms with Gasteiger partial charge in [0.1, 0.15) is 5.69 Å². The number of hydrogen-bond donors (Lipinski definition) is 2. The number of rotatable bonds is 4. The molecule has 0 saturated heterocycles. The summed E-state index contributed by atoms with van der Waals surface area (Å²) >= 11 is 0.